The van der Waals surface area contributed by atoms with Crippen LogP contribution in [-0.2, 0) is 32.8 Å². The molecule has 1 aliphatic carbocycles. The first-order valence-electron chi connectivity index (χ1n) is 16.6. The van der Waals surface area contributed by atoms with E-state index in [0.29, 0.717) is 48.2 Å². The van der Waals surface area contributed by atoms with E-state index in [1.165, 1.54) is 12.7 Å². The van der Waals surface area contributed by atoms with Crippen molar-refractivity contribution in [3.8, 4) is 5.75 Å². The minimum atomic E-state index is -1.24. The van der Waals surface area contributed by atoms with Crippen LogP contribution >= 0.6 is 11.6 Å². The van der Waals surface area contributed by atoms with E-state index in [-0.39, 0.29) is 11.8 Å². The zero-order chi connectivity index (χ0) is 33.4. The summed E-state index contributed by atoms with van der Waals surface area (Å²) in [4.78, 5) is 31.6. The van der Waals surface area contributed by atoms with Crippen LogP contribution in [-0.4, -0.2) is 61.8 Å². The molecule has 0 unspecified atom stereocenters. The number of aliphatic hydroxyl groups is 1. The zero-order valence-electron chi connectivity index (χ0n) is 28.0. The Morgan fingerprint density at radius 1 is 1.20 bits per heavy atom. The summed E-state index contributed by atoms with van der Waals surface area (Å²) in [6.07, 6.45) is 8.81. The zero-order valence-corrected chi connectivity index (χ0v) is 28.7. The van der Waals surface area contributed by atoms with E-state index in [9.17, 15) is 14.7 Å². The number of hydrogen-bond acceptors (Lipinski definition) is 6. The predicted octanol–water partition coefficient (Wildman–Crippen LogP) is 7.13. The van der Waals surface area contributed by atoms with Crippen LogP contribution in [0.25, 0.3) is 0 Å². The van der Waals surface area contributed by atoms with Crippen LogP contribution in [0.2, 0.25) is 5.02 Å². The molecule has 0 saturated heterocycles. The molecule has 0 spiro atoms. The average Bonchev–Trinajstić information content (AvgIpc) is 3.08. The number of carbonyl (C=O) groups is 2. The summed E-state index contributed by atoms with van der Waals surface area (Å²) in [7, 11) is 3.15. The molecule has 1 aliphatic heterocycles. The van der Waals surface area contributed by atoms with Crippen LogP contribution in [0.1, 0.15) is 69.1 Å². The molecule has 1 N–H and O–H groups in total. The number of anilines is 1. The minimum absolute atomic E-state index is 0.104. The van der Waals surface area contributed by atoms with Gasteiger partial charge in [-0.05, 0) is 105 Å². The van der Waals surface area contributed by atoms with Crippen LogP contribution in [0.5, 0.6) is 5.75 Å². The Balaban J connectivity index is 1.80. The van der Waals surface area contributed by atoms with Gasteiger partial charge >= 0.3 is 5.97 Å². The molecular formula is C38H51ClN2O5. The van der Waals surface area contributed by atoms with Gasteiger partial charge in [-0.25, -0.2) is 0 Å². The van der Waals surface area contributed by atoms with Crippen molar-refractivity contribution in [1.82, 2.24) is 4.90 Å². The Kier molecular flexibility index (Phi) is 12.4. The highest BCUT2D eigenvalue weighted by molar-refractivity contribution is 6.30. The Morgan fingerprint density at radius 2 is 1.98 bits per heavy atom. The number of ether oxygens (including phenoxy) is 2. The van der Waals surface area contributed by atoms with Gasteiger partial charge in [-0.2, -0.15) is 0 Å². The lowest BCUT2D eigenvalue weighted by molar-refractivity contribution is -0.154. The summed E-state index contributed by atoms with van der Waals surface area (Å²) in [5.41, 5.74) is 2.64. The maximum absolute atomic E-state index is 13.9. The van der Waals surface area contributed by atoms with Gasteiger partial charge in [-0.1, -0.05) is 42.8 Å². The number of benzene rings is 2. The first-order chi connectivity index (χ1) is 22.1. The minimum Gasteiger partial charge on any atom is -0.487 e. The fourth-order valence-electron chi connectivity index (χ4n) is 7.15. The second kappa shape index (κ2) is 16.0. The van der Waals surface area contributed by atoms with Gasteiger partial charge in [-0.3, -0.25) is 9.59 Å². The molecule has 2 aliphatic rings. The number of aliphatic hydroxyl groups excluding tert-OH is 1. The van der Waals surface area contributed by atoms with Crippen molar-refractivity contribution in [3.63, 3.8) is 0 Å². The highest BCUT2D eigenvalue weighted by Gasteiger charge is 2.48. The maximum atomic E-state index is 13.9. The Labute approximate surface area is 280 Å². The van der Waals surface area contributed by atoms with Crippen LogP contribution in [0.4, 0.5) is 5.69 Å². The molecule has 250 valence electrons. The first-order valence-corrected chi connectivity index (χ1v) is 17.0. The van der Waals surface area contributed by atoms with Crippen molar-refractivity contribution in [1.29, 1.82) is 0 Å². The van der Waals surface area contributed by atoms with E-state index in [0.717, 1.165) is 56.4 Å². The van der Waals surface area contributed by atoms with Crippen LogP contribution in [0.3, 0.4) is 0 Å². The van der Waals surface area contributed by atoms with E-state index in [1.807, 2.05) is 50.2 Å². The van der Waals surface area contributed by atoms with Crippen LogP contribution < -0.4 is 9.64 Å². The number of rotatable bonds is 12. The number of hydrogen-bond donors (Lipinski definition) is 1. The third-order valence-electron chi connectivity index (χ3n) is 10.2. The van der Waals surface area contributed by atoms with Gasteiger partial charge in [0.05, 0.1) is 24.8 Å². The topological polar surface area (TPSA) is 79.3 Å². The molecule has 4 rings (SSSR count). The summed E-state index contributed by atoms with van der Waals surface area (Å²) in [5.74, 6) is -0.0355. The molecule has 0 aromatic heterocycles. The van der Waals surface area contributed by atoms with Gasteiger partial charge in [-0.15, -0.1) is 13.2 Å². The second-order valence-corrected chi connectivity index (χ2v) is 13.4. The van der Waals surface area contributed by atoms with E-state index < -0.39 is 23.4 Å². The molecule has 0 radical (unpaired) electrons. The lowest BCUT2D eigenvalue weighted by atomic mass is 9.69. The van der Waals surface area contributed by atoms with Crippen LogP contribution in [0.15, 0.2) is 61.7 Å². The van der Waals surface area contributed by atoms with Crippen molar-refractivity contribution in [2.24, 2.45) is 17.8 Å². The quantitative estimate of drug-likeness (QED) is 0.195. The fourth-order valence-corrected chi connectivity index (χ4v) is 7.35. The Morgan fingerprint density at radius 3 is 2.63 bits per heavy atom. The van der Waals surface area contributed by atoms with E-state index >= 15 is 0 Å². The standard InChI is InChI=1S/C38H51ClN2O5/c1-7-10-20-40(5)36(43)32(8-2)38(4,37(44)45-6)29-16-19-35-33(23-29)41(24-27-15-18-31(27)34(42)9-3)21-12-11-13-26-22-30(39)17-14-28(26)25-46-35/h7,9,14,16-17,19,22-23,27,31-32,34,42H,1,3,8,10-13,15,18,20-21,24-25H2,2,4-6H3/t27-,31+,32-,34-,38-/m0/s1. The molecular weight excluding hydrogens is 600 g/mol. The molecule has 1 heterocycles. The third-order valence-corrected chi connectivity index (χ3v) is 10.5. The molecule has 1 saturated carbocycles. The first kappa shape index (κ1) is 35.6. The van der Waals surface area contributed by atoms with Crippen molar-refractivity contribution < 1.29 is 24.2 Å². The van der Waals surface area contributed by atoms with Gasteiger partial charge in [0.2, 0.25) is 5.91 Å². The lowest BCUT2D eigenvalue weighted by Gasteiger charge is -2.43. The predicted molar refractivity (Wildman–Crippen MR) is 185 cm³/mol. The van der Waals surface area contributed by atoms with E-state index in [4.69, 9.17) is 21.1 Å². The second-order valence-electron chi connectivity index (χ2n) is 13.0. The lowest BCUT2D eigenvalue weighted by Crippen LogP contribution is -2.49. The highest BCUT2D eigenvalue weighted by Crippen LogP contribution is 2.44. The fraction of sp³-hybridized carbons (Fsp3) is 0.526. The summed E-state index contributed by atoms with van der Waals surface area (Å²) >= 11 is 6.37. The number of amides is 1. The van der Waals surface area contributed by atoms with Crippen LogP contribution in [0, 0.1) is 17.8 Å². The number of methoxy groups -OCH3 is 1. The third kappa shape index (κ3) is 7.63. The molecule has 0 bridgehead atoms. The molecule has 46 heavy (non-hydrogen) atoms. The number of halogens is 1. The van der Waals surface area contributed by atoms with Gasteiger partial charge in [0, 0.05) is 31.7 Å². The summed E-state index contributed by atoms with van der Waals surface area (Å²) in [6, 6.07) is 11.8. The monoisotopic (exact) mass is 650 g/mol. The molecule has 2 aromatic rings. The molecule has 1 fully saturated rings. The summed E-state index contributed by atoms with van der Waals surface area (Å²) in [5, 5.41) is 11.3. The number of fused-ring (bicyclic) bond motifs is 2. The molecule has 2 aromatic carbocycles. The van der Waals surface area contributed by atoms with E-state index in [2.05, 4.69) is 18.1 Å². The average molecular weight is 651 g/mol. The van der Waals surface area contributed by atoms with Gasteiger partial charge in [0.1, 0.15) is 17.8 Å². The highest BCUT2D eigenvalue weighted by atomic mass is 35.5. The normalized spacial score (nSPS) is 20.6. The van der Waals surface area contributed by atoms with Gasteiger partial charge < -0.3 is 24.4 Å². The SMILES string of the molecule is C=CCCN(C)C(=O)[C@H](CC)[C@@](C)(C(=O)OC)c1ccc2c(c1)N(C[C@@H]1CC[C@H]1[C@@H](O)C=C)CCCCc1cc(Cl)ccc1CO2. The van der Waals surface area contributed by atoms with Crippen molar-refractivity contribution in [2.45, 2.75) is 76.9 Å². The van der Waals surface area contributed by atoms with Crippen molar-refractivity contribution in [2.75, 3.05) is 38.7 Å². The molecule has 7 nitrogen and oxygen atoms in total. The molecule has 5 atom stereocenters. The summed E-state index contributed by atoms with van der Waals surface area (Å²) in [6.45, 7) is 13.8. The summed E-state index contributed by atoms with van der Waals surface area (Å²) < 4.78 is 12.0. The maximum Gasteiger partial charge on any atom is 0.316 e. The van der Waals surface area contributed by atoms with Crippen molar-refractivity contribution in [3.05, 3.63) is 83.4 Å². The number of aryl methyl sites for hydroxylation is 1. The number of esters is 1. The molecule has 1 amide bonds. The largest absolute Gasteiger partial charge is 0.487 e. The smallest absolute Gasteiger partial charge is 0.316 e. The molecule has 8 heteroatoms. The number of nitrogens with zero attached hydrogens (tertiary/aromatic N) is 2. The Bertz CT molecular complexity index is 1400. The van der Waals surface area contributed by atoms with Crippen molar-refractivity contribution >= 4 is 29.2 Å². The van der Waals surface area contributed by atoms with Gasteiger partial charge in [0.15, 0.2) is 0 Å². The van der Waals surface area contributed by atoms with Gasteiger partial charge in [0.25, 0.3) is 0 Å². The number of carbonyl (C=O) groups excluding carboxylic acids is 2. The van der Waals surface area contributed by atoms with E-state index in [1.54, 1.807) is 24.1 Å². The Hall–Kier alpha value is -3.29.